The highest BCUT2D eigenvalue weighted by molar-refractivity contribution is 6.10. The van der Waals surface area contributed by atoms with Crippen LogP contribution in [0.2, 0.25) is 0 Å². The molecule has 5 rings (SSSR count). The molecule has 2 atom stereocenters. The van der Waals surface area contributed by atoms with E-state index in [-0.39, 0.29) is 34.9 Å². The van der Waals surface area contributed by atoms with E-state index in [0.717, 1.165) is 6.20 Å². The zero-order valence-electron chi connectivity index (χ0n) is 19.7. The minimum Gasteiger partial charge on any atom is -0.477 e. The maximum absolute atomic E-state index is 16.2. The minimum atomic E-state index is -1.52. The van der Waals surface area contributed by atoms with E-state index in [0.29, 0.717) is 25.9 Å². The van der Waals surface area contributed by atoms with E-state index in [1.807, 2.05) is 13.8 Å². The van der Waals surface area contributed by atoms with Gasteiger partial charge in [-0.3, -0.25) is 14.6 Å². The molecule has 188 valence electrons. The molecule has 9 nitrogen and oxygen atoms in total. The van der Waals surface area contributed by atoms with E-state index in [4.69, 9.17) is 0 Å². The predicted octanol–water partition coefficient (Wildman–Crippen LogP) is 3.15. The fraction of sp³-hybridized carbons (Fsp3) is 0.360. The summed E-state index contributed by atoms with van der Waals surface area (Å²) in [6.45, 7) is 4.37. The molecule has 11 heteroatoms. The number of aromatic carboxylic acids is 1. The number of piperazine rings is 1. The molecule has 2 fully saturated rings. The number of benzene rings is 1. The number of amides is 1. The van der Waals surface area contributed by atoms with Crippen LogP contribution >= 0.6 is 0 Å². The van der Waals surface area contributed by atoms with Crippen molar-refractivity contribution in [2.24, 2.45) is 0 Å². The van der Waals surface area contributed by atoms with Gasteiger partial charge < -0.3 is 25.2 Å². The molecule has 0 spiro atoms. The Labute approximate surface area is 204 Å². The van der Waals surface area contributed by atoms with Crippen molar-refractivity contribution in [3.8, 4) is 0 Å². The van der Waals surface area contributed by atoms with Crippen molar-refractivity contribution >= 4 is 34.2 Å². The van der Waals surface area contributed by atoms with Gasteiger partial charge in [0.15, 0.2) is 11.6 Å². The third kappa shape index (κ3) is 4.09. The molecule has 1 saturated carbocycles. The first-order valence-corrected chi connectivity index (χ1v) is 11.7. The summed E-state index contributed by atoms with van der Waals surface area (Å²) in [6.07, 6.45) is 5.16. The summed E-state index contributed by atoms with van der Waals surface area (Å²) in [5.74, 6) is -4.36. The molecule has 3 heterocycles. The van der Waals surface area contributed by atoms with Gasteiger partial charge in [0.1, 0.15) is 11.3 Å². The number of carbonyl (C=O) groups excluding carboxylic acids is 1. The maximum Gasteiger partial charge on any atom is 0.341 e. The summed E-state index contributed by atoms with van der Waals surface area (Å²) < 4.78 is 33.8. The molecule has 2 aromatic heterocycles. The van der Waals surface area contributed by atoms with Gasteiger partial charge in [0.2, 0.25) is 5.43 Å². The molecule has 36 heavy (non-hydrogen) atoms. The lowest BCUT2D eigenvalue weighted by molar-refractivity contribution is 0.0694. The molecule has 1 aliphatic heterocycles. The Morgan fingerprint density at radius 3 is 2.44 bits per heavy atom. The second-order valence-corrected chi connectivity index (χ2v) is 9.46. The summed E-state index contributed by atoms with van der Waals surface area (Å²) in [5, 5.41) is 14.9. The van der Waals surface area contributed by atoms with Gasteiger partial charge in [-0.15, -0.1) is 0 Å². The van der Waals surface area contributed by atoms with Crippen LogP contribution in [0, 0.1) is 11.6 Å². The van der Waals surface area contributed by atoms with Gasteiger partial charge in [-0.1, -0.05) is 0 Å². The summed E-state index contributed by atoms with van der Waals surface area (Å²) in [7, 11) is 0. The van der Waals surface area contributed by atoms with Gasteiger partial charge in [0, 0.05) is 49.8 Å². The largest absolute Gasteiger partial charge is 0.477 e. The minimum absolute atomic E-state index is 0.0725. The van der Waals surface area contributed by atoms with E-state index in [9.17, 15) is 19.5 Å². The first kappa shape index (κ1) is 23.9. The molecule has 1 aliphatic carbocycles. The third-order valence-electron chi connectivity index (χ3n) is 6.53. The van der Waals surface area contributed by atoms with E-state index in [1.54, 1.807) is 4.90 Å². The molecule has 0 radical (unpaired) electrons. The molecule has 1 aromatic carbocycles. The number of hydrogen-bond donors (Lipinski definition) is 3. The zero-order chi connectivity index (χ0) is 25.7. The number of rotatable bonds is 5. The fourth-order valence-corrected chi connectivity index (χ4v) is 4.91. The van der Waals surface area contributed by atoms with Gasteiger partial charge in [-0.25, -0.2) is 13.6 Å². The average molecular weight is 498 g/mol. The van der Waals surface area contributed by atoms with Crippen LogP contribution in [0.25, 0.3) is 10.9 Å². The monoisotopic (exact) mass is 497 g/mol. The van der Waals surface area contributed by atoms with Crippen molar-refractivity contribution in [3.63, 3.8) is 0 Å². The predicted molar refractivity (Wildman–Crippen MR) is 130 cm³/mol. The number of fused-ring (bicyclic) bond motifs is 1. The first-order valence-electron chi connectivity index (χ1n) is 11.7. The number of aromatic nitrogens is 2. The number of carbonyl (C=O) groups is 2. The van der Waals surface area contributed by atoms with Crippen LogP contribution in [-0.2, 0) is 0 Å². The van der Waals surface area contributed by atoms with Gasteiger partial charge in [0.05, 0.1) is 22.2 Å². The normalized spacial score (nSPS) is 19.9. The molecular formula is C25H25F2N5O4. The smallest absolute Gasteiger partial charge is 0.341 e. The van der Waals surface area contributed by atoms with Crippen molar-refractivity contribution in [2.45, 2.75) is 44.8 Å². The molecule has 3 aromatic rings. The van der Waals surface area contributed by atoms with Crippen molar-refractivity contribution in [1.82, 2.24) is 14.9 Å². The number of nitrogens with one attached hydrogen (secondary N) is 2. The van der Waals surface area contributed by atoms with Crippen LogP contribution in [0.3, 0.4) is 0 Å². The van der Waals surface area contributed by atoms with Crippen molar-refractivity contribution in [1.29, 1.82) is 0 Å². The van der Waals surface area contributed by atoms with Crippen LogP contribution in [0.15, 0.2) is 35.5 Å². The number of hydrogen-bond acceptors (Lipinski definition) is 6. The van der Waals surface area contributed by atoms with E-state index in [1.165, 1.54) is 29.1 Å². The highest BCUT2D eigenvalue weighted by Gasteiger charge is 2.35. The van der Waals surface area contributed by atoms with Crippen LogP contribution in [0.4, 0.5) is 20.2 Å². The molecule has 3 N–H and O–H groups in total. The highest BCUT2D eigenvalue weighted by Crippen LogP contribution is 2.42. The summed E-state index contributed by atoms with van der Waals surface area (Å²) in [5.41, 5.74) is -2.72. The SMILES string of the molecule is CC1CN(c2c(F)c(NC(=O)c3cccnc3)c3c(=O)c(C(=O)O)cn(C4CC4)c3c2F)CC(C)N1. The number of pyridine rings is 2. The van der Waals surface area contributed by atoms with E-state index < -0.39 is 45.6 Å². The van der Waals surface area contributed by atoms with Gasteiger partial charge >= 0.3 is 5.97 Å². The fourth-order valence-electron chi connectivity index (χ4n) is 4.91. The Kier molecular flexibility index (Phi) is 5.95. The molecule has 0 bridgehead atoms. The first-order chi connectivity index (χ1) is 17.2. The highest BCUT2D eigenvalue weighted by atomic mass is 19.1. The summed E-state index contributed by atoms with van der Waals surface area (Å²) in [4.78, 5) is 43.6. The summed E-state index contributed by atoms with van der Waals surface area (Å²) in [6, 6.07) is 2.60. The Hall–Kier alpha value is -3.86. The van der Waals surface area contributed by atoms with Crippen LogP contribution in [0.5, 0.6) is 0 Å². The number of nitrogens with zero attached hydrogens (tertiary/aromatic N) is 3. The number of halogens is 2. The zero-order valence-corrected chi connectivity index (χ0v) is 19.7. The average Bonchev–Trinajstić information content (AvgIpc) is 3.67. The van der Waals surface area contributed by atoms with Crippen LogP contribution in [0.1, 0.15) is 53.4 Å². The van der Waals surface area contributed by atoms with Crippen molar-refractivity contribution in [3.05, 3.63) is 63.7 Å². The Bertz CT molecular complexity index is 1430. The maximum atomic E-state index is 16.2. The molecular weight excluding hydrogens is 472 g/mol. The van der Waals surface area contributed by atoms with Crippen molar-refractivity contribution < 1.29 is 23.5 Å². The van der Waals surface area contributed by atoms with E-state index >= 15 is 8.78 Å². The van der Waals surface area contributed by atoms with Gasteiger partial charge in [-0.2, -0.15) is 0 Å². The topological polar surface area (TPSA) is 117 Å². The molecule has 1 saturated heterocycles. The Balaban J connectivity index is 1.82. The number of carboxylic acids is 1. The van der Waals surface area contributed by atoms with Crippen molar-refractivity contribution in [2.75, 3.05) is 23.3 Å². The Morgan fingerprint density at radius 1 is 1.17 bits per heavy atom. The standard InChI is InChI=1S/C25H25F2N5O4/c1-12-9-31(10-13(2)29-12)22-18(26)20(30-24(34)14-4-3-7-28-8-14)17-21(19(22)27)32(15-5-6-15)11-16(23(17)33)25(35)36/h3-4,7-8,11-13,15,29H,5-6,9-10H2,1-2H3,(H,30,34)(H,35,36). The number of carboxylic acid groups (broad SMARTS) is 1. The second-order valence-electron chi connectivity index (χ2n) is 9.46. The second kappa shape index (κ2) is 8.98. The molecule has 1 amide bonds. The van der Waals surface area contributed by atoms with E-state index in [2.05, 4.69) is 15.6 Å². The summed E-state index contributed by atoms with van der Waals surface area (Å²) >= 11 is 0. The van der Waals surface area contributed by atoms with Crippen LogP contribution < -0.4 is 21.0 Å². The van der Waals surface area contributed by atoms with Crippen LogP contribution in [-0.4, -0.2) is 51.7 Å². The van der Waals surface area contributed by atoms with Gasteiger partial charge in [-0.05, 0) is 38.8 Å². The Morgan fingerprint density at radius 2 is 1.86 bits per heavy atom. The quantitative estimate of drug-likeness (QED) is 0.496. The molecule has 2 unspecified atom stereocenters. The lowest BCUT2D eigenvalue weighted by Gasteiger charge is -2.38. The third-order valence-corrected chi connectivity index (χ3v) is 6.53. The number of anilines is 2. The lowest BCUT2D eigenvalue weighted by atomic mass is 10.0. The molecule has 2 aliphatic rings. The lowest BCUT2D eigenvalue weighted by Crippen LogP contribution is -2.54. The van der Waals surface area contributed by atoms with Gasteiger partial charge in [0.25, 0.3) is 5.91 Å².